The minimum atomic E-state index is 1.11. The summed E-state index contributed by atoms with van der Waals surface area (Å²) in [5, 5.41) is 1.23. The molecule has 0 unspecified atom stereocenters. The van der Waals surface area contributed by atoms with Crippen molar-refractivity contribution in [2.24, 2.45) is 0 Å². The molecular formula is C38H31NS. The highest BCUT2D eigenvalue weighted by Crippen LogP contribution is 2.45. The van der Waals surface area contributed by atoms with Crippen LogP contribution in [0, 0.1) is 13.8 Å². The Morgan fingerprint density at radius 1 is 0.675 bits per heavy atom. The Labute approximate surface area is 240 Å². The molecule has 0 bridgehead atoms. The van der Waals surface area contributed by atoms with Crippen molar-refractivity contribution in [2.75, 3.05) is 0 Å². The van der Waals surface area contributed by atoms with E-state index in [1.807, 2.05) is 29.6 Å². The molecule has 1 nitrogen and oxygen atoms in total. The fourth-order valence-corrected chi connectivity index (χ4v) is 6.77. The van der Waals surface area contributed by atoms with Crippen molar-refractivity contribution < 1.29 is 0 Å². The Morgan fingerprint density at radius 2 is 1.27 bits per heavy atom. The van der Waals surface area contributed by atoms with Gasteiger partial charge in [0, 0.05) is 26.4 Å². The van der Waals surface area contributed by atoms with Crippen molar-refractivity contribution in [3.63, 3.8) is 0 Å². The van der Waals surface area contributed by atoms with Gasteiger partial charge in [0.25, 0.3) is 0 Å². The minimum Gasteiger partial charge on any atom is -0.309 e. The Morgan fingerprint density at radius 3 is 1.88 bits per heavy atom. The molecule has 40 heavy (non-hydrogen) atoms. The molecule has 0 atom stereocenters. The molecule has 0 spiro atoms. The normalized spacial score (nSPS) is 11.3. The van der Waals surface area contributed by atoms with E-state index in [1.165, 1.54) is 59.6 Å². The van der Waals surface area contributed by atoms with Crippen molar-refractivity contribution >= 4 is 34.4 Å². The van der Waals surface area contributed by atoms with Crippen LogP contribution < -0.4 is 0 Å². The molecule has 2 heteroatoms. The number of benzene rings is 4. The second-order valence-corrected chi connectivity index (χ2v) is 11.0. The van der Waals surface area contributed by atoms with Crippen LogP contribution in [0.1, 0.15) is 21.7 Å². The first kappa shape index (κ1) is 25.6. The predicted molar refractivity (Wildman–Crippen MR) is 176 cm³/mol. The van der Waals surface area contributed by atoms with Crippen LogP contribution in [-0.4, -0.2) is 4.57 Å². The Balaban J connectivity index is 1.67. The van der Waals surface area contributed by atoms with Crippen LogP contribution in [0.3, 0.4) is 0 Å². The third-order valence-corrected chi connectivity index (χ3v) is 8.97. The summed E-state index contributed by atoms with van der Waals surface area (Å²) in [7, 11) is 0. The smallest absolute Gasteiger partial charge is 0.0549 e. The number of rotatable bonds is 7. The van der Waals surface area contributed by atoms with Gasteiger partial charge in [0.05, 0.1) is 11.2 Å². The molecule has 4 aromatic carbocycles. The molecule has 0 fully saturated rings. The summed E-state index contributed by atoms with van der Waals surface area (Å²) in [6, 6.07) is 36.9. The standard InChI is InChI=1S/C38H31NS/c1-5-7-22-36-26(3)27(4)38(40-36)37-33-20-14-15-21-35(33)39(34(37)6-2)32-24-30(28-16-10-8-11-17-28)23-31(25-32)29-18-12-9-13-19-29/h5-25H,1-2H2,3-4H3/b22-7-. The number of nitrogens with zero attached hydrogens (tertiary/aromatic N) is 1. The first-order valence-corrected chi connectivity index (χ1v) is 14.3. The molecule has 0 aliphatic rings. The molecule has 6 rings (SSSR count). The molecule has 0 amide bonds. The summed E-state index contributed by atoms with van der Waals surface area (Å²) in [6.45, 7) is 12.6. The maximum atomic E-state index is 4.32. The molecule has 2 aromatic heterocycles. The second-order valence-electron chi connectivity index (χ2n) is 9.96. The van der Waals surface area contributed by atoms with Crippen molar-refractivity contribution in [1.82, 2.24) is 4.57 Å². The average molecular weight is 534 g/mol. The van der Waals surface area contributed by atoms with Gasteiger partial charge in [-0.1, -0.05) is 104 Å². The van der Waals surface area contributed by atoms with E-state index in [9.17, 15) is 0 Å². The Hall–Kier alpha value is -4.66. The van der Waals surface area contributed by atoms with Crippen LogP contribution in [0.25, 0.3) is 61.4 Å². The van der Waals surface area contributed by atoms with Crippen molar-refractivity contribution in [1.29, 1.82) is 0 Å². The quantitative estimate of drug-likeness (QED) is 0.180. The van der Waals surface area contributed by atoms with Gasteiger partial charge in [-0.05, 0) is 83.6 Å². The number of fused-ring (bicyclic) bond motifs is 1. The molecule has 0 saturated heterocycles. The zero-order valence-corrected chi connectivity index (χ0v) is 23.7. The summed E-state index contributed by atoms with van der Waals surface area (Å²) in [6.07, 6.45) is 8.02. The maximum Gasteiger partial charge on any atom is 0.0549 e. The first-order chi connectivity index (χ1) is 19.6. The van der Waals surface area contributed by atoms with Crippen molar-refractivity contribution in [3.8, 4) is 38.4 Å². The van der Waals surface area contributed by atoms with Gasteiger partial charge in [0.1, 0.15) is 0 Å². The molecule has 0 N–H and O–H groups in total. The summed E-state index contributed by atoms with van der Waals surface area (Å²) in [5.41, 5.74) is 12.0. The molecule has 0 aliphatic carbocycles. The van der Waals surface area contributed by atoms with Gasteiger partial charge in [-0.2, -0.15) is 0 Å². The summed E-state index contributed by atoms with van der Waals surface area (Å²) in [5.74, 6) is 0. The van der Waals surface area contributed by atoms with E-state index in [1.54, 1.807) is 0 Å². The number of aromatic nitrogens is 1. The van der Waals surface area contributed by atoms with Gasteiger partial charge < -0.3 is 4.57 Å². The van der Waals surface area contributed by atoms with Gasteiger partial charge in [-0.15, -0.1) is 11.3 Å². The Bertz CT molecular complexity index is 1820. The fraction of sp³-hybridized carbons (Fsp3) is 0.0526. The molecule has 2 heterocycles. The van der Waals surface area contributed by atoms with E-state index in [0.29, 0.717) is 0 Å². The maximum absolute atomic E-state index is 4.32. The van der Waals surface area contributed by atoms with Crippen molar-refractivity contribution in [2.45, 2.75) is 13.8 Å². The SMILES string of the molecule is C=C/C=C\c1sc(-c2c(C=C)n(-c3cc(-c4ccccc4)cc(-c4ccccc4)c3)c3ccccc23)c(C)c1C. The molecule has 0 radical (unpaired) electrons. The van der Waals surface area contributed by atoms with E-state index < -0.39 is 0 Å². The summed E-state index contributed by atoms with van der Waals surface area (Å²) < 4.78 is 2.38. The van der Waals surface area contributed by atoms with Crippen molar-refractivity contribution in [3.05, 3.63) is 150 Å². The van der Waals surface area contributed by atoms with E-state index in [4.69, 9.17) is 0 Å². The topological polar surface area (TPSA) is 4.93 Å². The van der Waals surface area contributed by atoms with E-state index in [-0.39, 0.29) is 0 Å². The molecule has 194 valence electrons. The average Bonchev–Trinajstić information content (AvgIpc) is 3.49. The number of allylic oxidation sites excluding steroid dienone is 2. The minimum absolute atomic E-state index is 1.11. The molecule has 6 aromatic rings. The monoisotopic (exact) mass is 533 g/mol. The first-order valence-electron chi connectivity index (χ1n) is 13.5. The summed E-state index contributed by atoms with van der Waals surface area (Å²) >= 11 is 1.84. The largest absolute Gasteiger partial charge is 0.309 e. The number of para-hydroxylation sites is 1. The highest BCUT2D eigenvalue weighted by Gasteiger charge is 2.22. The van der Waals surface area contributed by atoms with Crippen LogP contribution >= 0.6 is 11.3 Å². The molecular weight excluding hydrogens is 502 g/mol. The van der Waals surface area contributed by atoms with Gasteiger partial charge in [0.15, 0.2) is 0 Å². The lowest BCUT2D eigenvalue weighted by molar-refractivity contribution is 1.11. The summed E-state index contributed by atoms with van der Waals surface area (Å²) in [4.78, 5) is 2.55. The van der Waals surface area contributed by atoms with E-state index >= 15 is 0 Å². The van der Waals surface area contributed by atoms with Gasteiger partial charge >= 0.3 is 0 Å². The number of hydrogen-bond donors (Lipinski definition) is 0. The molecule has 0 aliphatic heterocycles. The zero-order valence-electron chi connectivity index (χ0n) is 22.9. The van der Waals surface area contributed by atoms with Gasteiger partial charge in [-0.25, -0.2) is 0 Å². The third-order valence-electron chi connectivity index (χ3n) is 7.59. The lowest BCUT2D eigenvalue weighted by Gasteiger charge is -2.15. The van der Waals surface area contributed by atoms with Crippen LogP contribution in [0.2, 0.25) is 0 Å². The Kier molecular flexibility index (Phi) is 6.94. The van der Waals surface area contributed by atoms with E-state index in [0.717, 1.165) is 11.4 Å². The lowest BCUT2D eigenvalue weighted by atomic mass is 9.98. The van der Waals surface area contributed by atoms with Gasteiger partial charge in [0.2, 0.25) is 0 Å². The fourth-order valence-electron chi connectivity index (χ4n) is 5.48. The highest BCUT2D eigenvalue weighted by molar-refractivity contribution is 7.16. The number of hydrogen-bond acceptors (Lipinski definition) is 1. The zero-order chi connectivity index (χ0) is 27.6. The van der Waals surface area contributed by atoms with Crippen LogP contribution in [0.4, 0.5) is 0 Å². The lowest BCUT2D eigenvalue weighted by Crippen LogP contribution is -1.98. The van der Waals surface area contributed by atoms with Crippen LogP contribution in [0.5, 0.6) is 0 Å². The highest BCUT2D eigenvalue weighted by atomic mass is 32.1. The van der Waals surface area contributed by atoms with Gasteiger partial charge in [-0.3, -0.25) is 0 Å². The third kappa shape index (κ3) is 4.47. The predicted octanol–water partition coefficient (Wildman–Crippen LogP) is 11.2. The second kappa shape index (κ2) is 10.8. The molecule has 0 saturated carbocycles. The van der Waals surface area contributed by atoms with Crippen LogP contribution in [-0.2, 0) is 0 Å². The van der Waals surface area contributed by atoms with E-state index in [2.05, 4.69) is 141 Å². The van der Waals surface area contributed by atoms with Crippen LogP contribution in [0.15, 0.2) is 128 Å². The number of thiophene rings is 1.